The Bertz CT molecular complexity index is 393. The highest BCUT2D eigenvalue weighted by molar-refractivity contribution is 5.99. The Balaban J connectivity index is 1.93. The molecule has 0 radical (unpaired) electrons. The molecule has 1 aromatic rings. The number of aromatic nitrogens is 1. The molecule has 0 aromatic carbocycles. The Morgan fingerprint density at radius 1 is 1.47 bits per heavy atom. The third-order valence-corrected chi connectivity index (χ3v) is 4.23. The highest BCUT2D eigenvalue weighted by Crippen LogP contribution is 2.44. The van der Waals surface area contributed by atoms with Gasteiger partial charge in [-0.3, -0.25) is 4.79 Å². The molecule has 0 N–H and O–H groups in total. The average molecular weight is 203 g/mol. The molecule has 1 aliphatic heterocycles. The maximum atomic E-state index is 12.1. The van der Waals surface area contributed by atoms with Crippen molar-refractivity contribution in [2.75, 3.05) is 0 Å². The zero-order valence-corrected chi connectivity index (χ0v) is 9.15. The molecule has 3 atom stereocenters. The fourth-order valence-corrected chi connectivity index (χ4v) is 3.31. The van der Waals surface area contributed by atoms with Gasteiger partial charge in [0.05, 0.1) is 5.69 Å². The van der Waals surface area contributed by atoms with Gasteiger partial charge in [0.15, 0.2) is 5.78 Å². The molecule has 0 amide bonds. The Kier molecular flexibility index (Phi) is 1.98. The molecule has 1 fully saturated rings. The van der Waals surface area contributed by atoms with Crippen LogP contribution in [0.25, 0.3) is 0 Å². The molecule has 2 aliphatic rings. The molecule has 0 spiro atoms. The number of ketones is 1. The van der Waals surface area contributed by atoms with E-state index in [9.17, 15) is 4.79 Å². The van der Waals surface area contributed by atoms with Gasteiger partial charge in [-0.05, 0) is 37.3 Å². The van der Waals surface area contributed by atoms with E-state index in [0.717, 1.165) is 18.0 Å². The van der Waals surface area contributed by atoms with Crippen molar-refractivity contribution in [3.63, 3.8) is 0 Å². The normalized spacial score (nSPS) is 33.9. The van der Waals surface area contributed by atoms with Crippen LogP contribution in [0.5, 0.6) is 0 Å². The van der Waals surface area contributed by atoms with Crippen molar-refractivity contribution in [2.24, 2.45) is 11.8 Å². The number of fused-ring (bicyclic) bond motifs is 3. The fourth-order valence-electron chi connectivity index (χ4n) is 3.31. The number of carbonyl (C=O) groups excluding carboxylic acids is 1. The van der Waals surface area contributed by atoms with Gasteiger partial charge in [0.1, 0.15) is 0 Å². The van der Waals surface area contributed by atoms with Crippen LogP contribution in [0.3, 0.4) is 0 Å². The van der Waals surface area contributed by atoms with Gasteiger partial charge in [-0.15, -0.1) is 0 Å². The third kappa shape index (κ3) is 1.20. The Labute approximate surface area is 90.3 Å². The largest absolute Gasteiger partial charge is 0.341 e. The van der Waals surface area contributed by atoms with Gasteiger partial charge in [0.2, 0.25) is 0 Å². The van der Waals surface area contributed by atoms with E-state index in [4.69, 9.17) is 0 Å². The summed E-state index contributed by atoms with van der Waals surface area (Å²) in [6, 6.07) is 4.45. The number of rotatable bonds is 1. The van der Waals surface area contributed by atoms with E-state index in [0.29, 0.717) is 17.7 Å². The molecule has 0 bridgehead atoms. The minimum absolute atomic E-state index is 0.292. The van der Waals surface area contributed by atoms with Gasteiger partial charge < -0.3 is 4.57 Å². The molecule has 1 aliphatic carbocycles. The van der Waals surface area contributed by atoms with Gasteiger partial charge in [0, 0.05) is 18.2 Å². The lowest BCUT2D eigenvalue weighted by molar-refractivity contribution is 0.0856. The molecule has 80 valence electrons. The lowest BCUT2D eigenvalue weighted by atomic mass is 9.76. The van der Waals surface area contributed by atoms with Crippen molar-refractivity contribution in [1.29, 1.82) is 0 Å². The second kappa shape index (κ2) is 3.22. The van der Waals surface area contributed by atoms with Crippen molar-refractivity contribution in [3.8, 4) is 0 Å². The predicted molar refractivity (Wildman–Crippen MR) is 58.9 cm³/mol. The van der Waals surface area contributed by atoms with Crippen LogP contribution in [0.1, 0.15) is 49.1 Å². The summed E-state index contributed by atoms with van der Waals surface area (Å²) in [5.41, 5.74) is 0.946. The number of carbonyl (C=O) groups is 1. The summed E-state index contributed by atoms with van der Waals surface area (Å²) in [5, 5.41) is 0. The van der Waals surface area contributed by atoms with E-state index < -0.39 is 0 Å². The minimum Gasteiger partial charge on any atom is -0.341 e. The number of nitrogens with zero attached hydrogens (tertiary/aromatic N) is 1. The molecular weight excluding hydrogens is 186 g/mol. The standard InChI is InChI=1S/C13H17NO/c1-2-9-5-6-11-10(8-9)13(15)12-4-3-7-14(11)12/h3-4,7,9-11H,2,5-6,8H2,1H3. The van der Waals surface area contributed by atoms with Crippen LogP contribution < -0.4 is 0 Å². The summed E-state index contributed by atoms with van der Waals surface area (Å²) >= 11 is 0. The van der Waals surface area contributed by atoms with Crippen LogP contribution in [0.2, 0.25) is 0 Å². The van der Waals surface area contributed by atoms with E-state index in [2.05, 4.69) is 17.7 Å². The summed E-state index contributed by atoms with van der Waals surface area (Å²) in [6.45, 7) is 2.24. The average Bonchev–Trinajstić information content (AvgIpc) is 2.83. The topological polar surface area (TPSA) is 22.0 Å². The maximum absolute atomic E-state index is 12.1. The highest BCUT2D eigenvalue weighted by Gasteiger charge is 2.42. The van der Waals surface area contributed by atoms with Crippen molar-refractivity contribution >= 4 is 5.78 Å². The molecule has 2 heterocycles. The second-order valence-electron chi connectivity index (χ2n) is 4.93. The van der Waals surface area contributed by atoms with Crippen LogP contribution in [0, 0.1) is 11.8 Å². The lowest BCUT2D eigenvalue weighted by Gasteiger charge is -2.30. The van der Waals surface area contributed by atoms with Crippen molar-refractivity contribution < 1.29 is 4.79 Å². The monoisotopic (exact) mass is 203 g/mol. The van der Waals surface area contributed by atoms with Crippen LogP contribution in [-0.4, -0.2) is 10.4 Å². The van der Waals surface area contributed by atoms with Gasteiger partial charge in [0.25, 0.3) is 0 Å². The smallest absolute Gasteiger partial charge is 0.184 e. The molecule has 1 saturated carbocycles. The second-order valence-corrected chi connectivity index (χ2v) is 4.93. The molecule has 2 nitrogen and oxygen atoms in total. The van der Waals surface area contributed by atoms with Crippen LogP contribution in [0.15, 0.2) is 18.3 Å². The van der Waals surface area contributed by atoms with Crippen LogP contribution in [-0.2, 0) is 0 Å². The molecule has 15 heavy (non-hydrogen) atoms. The summed E-state index contributed by atoms with van der Waals surface area (Å²) in [5.74, 6) is 1.46. The molecular formula is C13H17NO. The van der Waals surface area contributed by atoms with E-state index in [1.165, 1.54) is 19.3 Å². The first kappa shape index (κ1) is 9.20. The molecule has 3 unspecified atom stereocenters. The van der Waals surface area contributed by atoms with Crippen molar-refractivity contribution in [2.45, 2.75) is 38.6 Å². The van der Waals surface area contributed by atoms with E-state index in [1.54, 1.807) is 0 Å². The maximum Gasteiger partial charge on any atom is 0.184 e. The summed E-state index contributed by atoms with van der Waals surface area (Å²) in [4.78, 5) is 12.1. The Morgan fingerprint density at radius 3 is 3.13 bits per heavy atom. The lowest BCUT2D eigenvalue weighted by Crippen LogP contribution is -2.25. The molecule has 1 aromatic heterocycles. The first-order chi connectivity index (χ1) is 7.31. The van der Waals surface area contributed by atoms with Crippen LogP contribution in [0.4, 0.5) is 0 Å². The molecule has 0 saturated heterocycles. The summed E-state index contributed by atoms with van der Waals surface area (Å²) in [6.07, 6.45) is 6.90. The molecule has 2 heteroatoms. The number of hydrogen-bond acceptors (Lipinski definition) is 1. The number of hydrogen-bond donors (Lipinski definition) is 0. The quantitative estimate of drug-likeness (QED) is 0.687. The zero-order valence-electron chi connectivity index (χ0n) is 9.15. The first-order valence-electron chi connectivity index (χ1n) is 6.02. The first-order valence-corrected chi connectivity index (χ1v) is 6.02. The van der Waals surface area contributed by atoms with Gasteiger partial charge >= 0.3 is 0 Å². The summed E-state index contributed by atoms with van der Waals surface area (Å²) < 4.78 is 2.21. The van der Waals surface area contributed by atoms with Crippen molar-refractivity contribution in [3.05, 3.63) is 24.0 Å². The van der Waals surface area contributed by atoms with Gasteiger partial charge in [-0.25, -0.2) is 0 Å². The van der Waals surface area contributed by atoms with Crippen LogP contribution >= 0.6 is 0 Å². The van der Waals surface area contributed by atoms with Crippen molar-refractivity contribution in [1.82, 2.24) is 4.57 Å². The Hall–Kier alpha value is -1.05. The number of Topliss-reactive ketones (excluding diaryl/α,β-unsaturated/α-hetero) is 1. The van der Waals surface area contributed by atoms with E-state index in [1.807, 2.05) is 12.1 Å². The predicted octanol–water partition coefficient (Wildman–Crippen LogP) is 3.05. The fraction of sp³-hybridized carbons (Fsp3) is 0.615. The van der Waals surface area contributed by atoms with Gasteiger partial charge in [-0.2, -0.15) is 0 Å². The third-order valence-electron chi connectivity index (χ3n) is 4.23. The molecule has 3 rings (SSSR count). The SMILES string of the molecule is CCC1CCC2C(C1)C(=O)c1cccn12. The summed E-state index contributed by atoms with van der Waals surface area (Å²) in [7, 11) is 0. The highest BCUT2D eigenvalue weighted by atomic mass is 16.1. The van der Waals surface area contributed by atoms with E-state index >= 15 is 0 Å². The van der Waals surface area contributed by atoms with Gasteiger partial charge in [-0.1, -0.05) is 13.3 Å². The Morgan fingerprint density at radius 2 is 2.33 bits per heavy atom. The zero-order chi connectivity index (χ0) is 10.4. The minimum atomic E-state index is 0.292. The van der Waals surface area contributed by atoms with E-state index in [-0.39, 0.29) is 0 Å².